The molecule has 0 bridgehead atoms. The van der Waals surface area contributed by atoms with Crippen LogP contribution in [0.4, 0.5) is 0 Å². The second kappa shape index (κ2) is 4.00. The maximum Gasteiger partial charge on any atom is 0.340 e. The standard InChI is InChI=1S/C12H10O3/c1-14-10-8-12(13)15-11(10)7-9-5-3-2-4-6-9/h2-8H,1H3/b11-7-. The predicted molar refractivity (Wildman–Crippen MR) is 55.6 cm³/mol. The van der Waals surface area contributed by atoms with Crippen molar-refractivity contribution in [3.8, 4) is 0 Å². The minimum absolute atomic E-state index is 0.394. The van der Waals surface area contributed by atoms with Gasteiger partial charge in [0.25, 0.3) is 0 Å². The van der Waals surface area contributed by atoms with Crippen LogP contribution in [0, 0.1) is 0 Å². The van der Waals surface area contributed by atoms with Gasteiger partial charge in [0.2, 0.25) is 0 Å². The van der Waals surface area contributed by atoms with Gasteiger partial charge >= 0.3 is 5.97 Å². The van der Waals surface area contributed by atoms with E-state index in [9.17, 15) is 4.79 Å². The number of rotatable bonds is 2. The highest BCUT2D eigenvalue weighted by Gasteiger charge is 2.20. The van der Waals surface area contributed by atoms with Crippen LogP contribution in [-0.2, 0) is 14.3 Å². The highest BCUT2D eigenvalue weighted by molar-refractivity contribution is 5.89. The molecule has 1 aromatic carbocycles. The summed E-state index contributed by atoms with van der Waals surface area (Å²) in [4.78, 5) is 11.0. The summed E-state index contributed by atoms with van der Waals surface area (Å²) in [6.07, 6.45) is 3.09. The van der Waals surface area contributed by atoms with Gasteiger partial charge in [-0.15, -0.1) is 0 Å². The first-order chi connectivity index (χ1) is 7.29. The Hall–Kier alpha value is -2.03. The molecule has 0 saturated heterocycles. The second-order valence-corrected chi connectivity index (χ2v) is 3.05. The van der Waals surface area contributed by atoms with E-state index in [4.69, 9.17) is 9.47 Å². The molecule has 15 heavy (non-hydrogen) atoms. The van der Waals surface area contributed by atoms with Crippen molar-refractivity contribution in [2.24, 2.45) is 0 Å². The van der Waals surface area contributed by atoms with Crippen molar-refractivity contribution >= 4 is 12.0 Å². The van der Waals surface area contributed by atoms with Crippen LogP contribution in [0.5, 0.6) is 0 Å². The zero-order chi connectivity index (χ0) is 10.7. The van der Waals surface area contributed by atoms with Crippen LogP contribution in [0.3, 0.4) is 0 Å². The predicted octanol–water partition coefficient (Wildman–Crippen LogP) is 2.11. The molecular weight excluding hydrogens is 192 g/mol. The zero-order valence-electron chi connectivity index (χ0n) is 8.27. The van der Waals surface area contributed by atoms with E-state index in [-0.39, 0.29) is 0 Å². The van der Waals surface area contributed by atoms with Gasteiger partial charge < -0.3 is 9.47 Å². The minimum Gasteiger partial charge on any atom is -0.493 e. The van der Waals surface area contributed by atoms with Gasteiger partial charge in [0.15, 0.2) is 11.5 Å². The van der Waals surface area contributed by atoms with Gasteiger partial charge in [-0.1, -0.05) is 30.3 Å². The Bertz CT molecular complexity index is 429. The van der Waals surface area contributed by atoms with Crippen LogP contribution >= 0.6 is 0 Å². The van der Waals surface area contributed by atoms with Crippen molar-refractivity contribution in [2.75, 3.05) is 7.11 Å². The van der Waals surface area contributed by atoms with Crippen molar-refractivity contribution in [1.29, 1.82) is 0 Å². The fourth-order valence-electron chi connectivity index (χ4n) is 1.33. The molecular formula is C12H10O3. The van der Waals surface area contributed by atoms with Gasteiger partial charge in [0, 0.05) is 0 Å². The average molecular weight is 202 g/mol. The third-order valence-corrected chi connectivity index (χ3v) is 2.02. The van der Waals surface area contributed by atoms with Crippen LogP contribution < -0.4 is 0 Å². The molecule has 0 fully saturated rings. The van der Waals surface area contributed by atoms with Gasteiger partial charge in [0.05, 0.1) is 13.2 Å². The van der Waals surface area contributed by atoms with Crippen molar-refractivity contribution in [2.45, 2.75) is 0 Å². The van der Waals surface area contributed by atoms with Crippen molar-refractivity contribution in [1.82, 2.24) is 0 Å². The van der Waals surface area contributed by atoms with Gasteiger partial charge in [-0.2, -0.15) is 0 Å². The highest BCUT2D eigenvalue weighted by atomic mass is 16.6. The lowest BCUT2D eigenvalue weighted by atomic mass is 10.2. The summed E-state index contributed by atoms with van der Waals surface area (Å²) in [5, 5.41) is 0. The third kappa shape index (κ3) is 2.07. The van der Waals surface area contributed by atoms with E-state index in [0.29, 0.717) is 11.5 Å². The molecule has 0 unspecified atom stereocenters. The molecule has 1 heterocycles. The minimum atomic E-state index is -0.394. The summed E-state index contributed by atoms with van der Waals surface area (Å²) < 4.78 is 9.99. The Labute approximate surface area is 87.6 Å². The lowest BCUT2D eigenvalue weighted by Gasteiger charge is -2.02. The van der Waals surface area contributed by atoms with E-state index < -0.39 is 5.97 Å². The molecule has 1 aliphatic heterocycles. The Balaban J connectivity index is 2.29. The lowest BCUT2D eigenvalue weighted by Crippen LogP contribution is -1.92. The largest absolute Gasteiger partial charge is 0.493 e. The summed E-state index contributed by atoms with van der Waals surface area (Å²) in [6.45, 7) is 0. The van der Waals surface area contributed by atoms with E-state index in [1.807, 2.05) is 30.3 Å². The van der Waals surface area contributed by atoms with Crippen molar-refractivity contribution < 1.29 is 14.3 Å². The topological polar surface area (TPSA) is 35.5 Å². The number of carbonyl (C=O) groups excluding carboxylic acids is 1. The van der Waals surface area contributed by atoms with Crippen LogP contribution in [0.2, 0.25) is 0 Å². The molecule has 2 rings (SSSR count). The Morgan fingerprint density at radius 3 is 2.67 bits per heavy atom. The van der Waals surface area contributed by atoms with Gasteiger partial charge in [0.1, 0.15) is 0 Å². The molecule has 0 aliphatic carbocycles. The molecule has 0 radical (unpaired) electrons. The molecule has 0 spiro atoms. The van der Waals surface area contributed by atoms with Crippen molar-refractivity contribution in [3.63, 3.8) is 0 Å². The summed E-state index contributed by atoms with van der Waals surface area (Å²) in [5.74, 6) is 0.520. The van der Waals surface area contributed by atoms with E-state index in [0.717, 1.165) is 5.56 Å². The lowest BCUT2D eigenvalue weighted by molar-refractivity contribution is -0.132. The summed E-state index contributed by atoms with van der Waals surface area (Å²) >= 11 is 0. The van der Waals surface area contributed by atoms with Gasteiger partial charge in [-0.25, -0.2) is 4.79 Å². The molecule has 3 nitrogen and oxygen atoms in total. The summed E-state index contributed by atoms with van der Waals surface area (Å²) in [5.41, 5.74) is 0.963. The molecule has 0 atom stereocenters. The molecule has 1 aliphatic rings. The quantitative estimate of drug-likeness (QED) is 0.689. The second-order valence-electron chi connectivity index (χ2n) is 3.05. The fourth-order valence-corrected chi connectivity index (χ4v) is 1.33. The highest BCUT2D eigenvalue weighted by Crippen LogP contribution is 2.22. The number of hydrogen-bond donors (Lipinski definition) is 0. The number of benzene rings is 1. The molecule has 76 valence electrons. The third-order valence-electron chi connectivity index (χ3n) is 2.02. The first kappa shape index (κ1) is 9.52. The number of ether oxygens (including phenoxy) is 2. The Morgan fingerprint density at radius 1 is 1.27 bits per heavy atom. The molecule has 0 amide bonds. The van der Waals surface area contributed by atoms with E-state index in [1.165, 1.54) is 13.2 Å². The molecule has 3 heteroatoms. The number of methoxy groups -OCH3 is 1. The molecule has 0 N–H and O–H groups in total. The Morgan fingerprint density at radius 2 is 2.00 bits per heavy atom. The molecule has 1 aromatic rings. The van der Waals surface area contributed by atoms with Crippen molar-refractivity contribution in [3.05, 3.63) is 53.5 Å². The summed E-state index contributed by atoms with van der Waals surface area (Å²) in [6, 6.07) is 9.60. The van der Waals surface area contributed by atoms with Crippen LogP contribution in [0.1, 0.15) is 5.56 Å². The molecule has 0 saturated carbocycles. The first-order valence-corrected chi connectivity index (χ1v) is 4.54. The SMILES string of the molecule is COC1=CC(=O)O/C1=C\c1ccccc1. The first-order valence-electron chi connectivity index (χ1n) is 4.54. The summed E-state index contributed by atoms with van der Waals surface area (Å²) in [7, 11) is 1.51. The number of esters is 1. The molecule has 0 aromatic heterocycles. The average Bonchev–Trinajstić information content (AvgIpc) is 2.60. The Kier molecular flexibility index (Phi) is 2.54. The normalized spacial score (nSPS) is 17.5. The number of cyclic esters (lactones) is 1. The van der Waals surface area contributed by atoms with Gasteiger partial charge in [-0.3, -0.25) is 0 Å². The van der Waals surface area contributed by atoms with E-state index in [2.05, 4.69) is 0 Å². The monoisotopic (exact) mass is 202 g/mol. The van der Waals surface area contributed by atoms with Crippen LogP contribution in [0.15, 0.2) is 47.9 Å². The van der Waals surface area contributed by atoms with E-state index in [1.54, 1.807) is 6.08 Å². The van der Waals surface area contributed by atoms with Crippen LogP contribution in [0.25, 0.3) is 6.08 Å². The number of hydrogen-bond acceptors (Lipinski definition) is 3. The smallest absolute Gasteiger partial charge is 0.340 e. The van der Waals surface area contributed by atoms with E-state index >= 15 is 0 Å². The maximum absolute atomic E-state index is 11.0. The van der Waals surface area contributed by atoms with Gasteiger partial charge in [-0.05, 0) is 11.6 Å². The van der Waals surface area contributed by atoms with Crippen LogP contribution in [-0.4, -0.2) is 13.1 Å². The number of carbonyl (C=O) groups is 1. The maximum atomic E-state index is 11.0. The zero-order valence-corrected chi connectivity index (χ0v) is 8.27. The fraction of sp³-hybridized carbons (Fsp3) is 0.0833.